The number of benzene rings is 1. The Bertz CT molecular complexity index is 781. The third-order valence-corrected chi connectivity index (χ3v) is 3.90. The zero-order chi connectivity index (χ0) is 17.5. The molecule has 1 aliphatic rings. The molecule has 0 saturated carbocycles. The molecule has 0 unspecified atom stereocenters. The molecule has 0 radical (unpaired) electrons. The number of ketones is 3. The molecule has 5 nitrogen and oxygen atoms in total. The SMILES string of the molecule is CC(=O)c1ccc2c(c1OC(=O)C(C)(C)C)C(=O)C=C(Br)C2=O. The molecule has 0 bridgehead atoms. The van der Waals surface area contributed by atoms with Crippen LogP contribution < -0.4 is 4.74 Å². The van der Waals surface area contributed by atoms with Gasteiger partial charge in [-0.05, 0) is 55.8 Å². The van der Waals surface area contributed by atoms with Crippen LogP contribution in [-0.4, -0.2) is 23.3 Å². The molecular weight excluding hydrogens is 364 g/mol. The number of Topliss-reactive ketones (excluding diaryl/α,β-unsaturated/α-hetero) is 2. The summed E-state index contributed by atoms with van der Waals surface area (Å²) in [6.07, 6.45) is 1.11. The fraction of sp³-hybridized carbons (Fsp3) is 0.294. The summed E-state index contributed by atoms with van der Waals surface area (Å²) in [5.74, 6) is -2.00. The van der Waals surface area contributed by atoms with Crippen molar-refractivity contribution >= 4 is 39.2 Å². The largest absolute Gasteiger partial charge is 0.425 e. The summed E-state index contributed by atoms with van der Waals surface area (Å²) in [4.78, 5) is 48.5. The second-order valence-electron chi connectivity index (χ2n) is 6.25. The molecule has 0 N–H and O–H groups in total. The molecule has 0 atom stereocenters. The fourth-order valence-electron chi connectivity index (χ4n) is 2.03. The maximum absolute atomic E-state index is 12.3. The molecule has 0 aromatic heterocycles. The van der Waals surface area contributed by atoms with Crippen LogP contribution >= 0.6 is 15.9 Å². The van der Waals surface area contributed by atoms with Gasteiger partial charge < -0.3 is 4.74 Å². The van der Waals surface area contributed by atoms with Crippen molar-refractivity contribution in [1.29, 1.82) is 0 Å². The number of carbonyl (C=O) groups is 4. The maximum atomic E-state index is 12.3. The second-order valence-corrected chi connectivity index (χ2v) is 7.10. The molecule has 6 heteroatoms. The monoisotopic (exact) mass is 378 g/mol. The van der Waals surface area contributed by atoms with E-state index in [9.17, 15) is 19.2 Å². The molecule has 1 aliphatic carbocycles. The second kappa shape index (κ2) is 5.85. The van der Waals surface area contributed by atoms with Crippen LogP contribution in [0.2, 0.25) is 0 Å². The van der Waals surface area contributed by atoms with Crippen LogP contribution in [0.3, 0.4) is 0 Å². The molecule has 0 fully saturated rings. The Balaban J connectivity index is 2.70. The molecule has 0 saturated heterocycles. The molecule has 0 heterocycles. The third kappa shape index (κ3) is 3.17. The van der Waals surface area contributed by atoms with Crippen LogP contribution in [0.15, 0.2) is 22.7 Å². The lowest BCUT2D eigenvalue weighted by atomic mass is 9.90. The van der Waals surface area contributed by atoms with Crippen molar-refractivity contribution in [2.24, 2.45) is 5.41 Å². The zero-order valence-corrected chi connectivity index (χ0v) is 14.7. The van der Waals surface area contributed by atoms with Crippen LogP contribution in [0.4, 0.5) is 0 Å². The van der Waals surface area contributed by atoms with E-state index in [1.54, 1.807) is 20.8 Å². The van der Waals surface area contributed by atoms with Crippen molar-refractivity contribution in [2.75, 3.05) is 0 Å². The number of carbonyl (C=O) groups excluding carboxylic acids is 4. The first-order valence-electron chi connectivity index (χ1n) is 6.90. The van der Waals surface area contributed by atoms with E-state index in [0.29, 0.717) is 0 Å². The average molecular weight is 379 g/mol. The lowest BCUT2D eigenvalue weighted by Gasteiger charge is -2.21. The van der Waals surface area contributed by atoms with Crippen LogP contribution in [-0.2, 0) is 4.79 Å². The quantitative estimate of drug-likeness (QED) is 0.447. The average Bonchev–Trinajstić information content (AvgIpc) is 2.42. The van der Waals surface area contributed by atoms with Gasteiger partial charge in [0, 0.05) is 11.6 Å². The van der Waals surface area contributed by atoms with Crippen LogP contribution in [0.5, 0.6) is 5.75 Å². The number of halogens is 1. The van der Waals surface area contributed by atoms with Gasteiger partial charge >= 0.3 is 5.97 Å². The highest BCUT2D eigenvalue weighted by molar-refractivity contribution is 9.12. The van der Waals surface area contributed by atoms with Gasteiger partial charge in [0.2, 0.25) is 5.78 Å². The number of rotatable bonds is 2. The van der Waals surface area contributed by atoms with E-state index in [1.165, 1.54) is 19.1 Å². The van der Waals surface area contributed by atoms with Crippen molar-refractivity contribution in [3.05, 3.63) is 39.4 Å². The first kappa shape index (κ1) is 17.3. The topological polar surface area (TPSA) is 77.5 Å². The normalized spacial score (nSPS) is 14.2. The van der Waals surface area contributed by atoms with Gasteiger partial charge in [-0.2, -0.15) is 0 Å². The summed E-state index contributed by atoms with van der Waals surface area (Å²) in [6.45, 7) is 6.27. The van der Waals surface area contributed by atoms with E-state index in [-0.39, 0.29) is 32.7 Å². The molecule has 120 valence electrons. The Labute approximate surface area is 141 Å². The van der Waals surface area contributed by atoms with Crippen molar-refractivity contribution in [3.63, 3.8) is 0 Å². The van der Waals surface area contributed by atoms with Crippen molar-refractivity contribution in [1.82, 2.24) is 0 Å². The Morgan fingerprint density at radius 1 is 1.13 bits per heavy atom. The molecule has 1 aromatic carbocycles. The van der Waals surface area contributed by atoms with Crippen LogP contribution in [0.25, 0.3) is 0 Å². The highest BCUT2D eigenvalue weighted by Gasteiger charge is 2.33. The van der Waals surface area contributed by atoms with E-state index in [4.69, 9.17) is 4.74 Å². The summed E-state index contributed by atoms with van der Waals surface area (Å²) in [5.41, 5.74) is -0.682. The van der Waals surface area contributed by atoms with Gasteiger partial charge in [0.05, 0.1) is 21.0 Å². The molecule has 0 spiro atoms. The minimum absolute atomic E-state index is 0.0523. The maximum Gasteiger partial charge on any atom is 0.316 e. The Morgan fingerprint density at radius 2 is 1.74 bits per heavy atom. The van der Waals surface area contributed by atoms with Crippen molar-refractivity contribution < 1.29 is 23.9 Å². The van der Waals surface area contributed by atoms with E-state index < -0.39 is 23.0 Å². The van der Waals surface area contributed by atoms with Crippen molar-refractivity contribution in [2.45, 2.75) is 27.7 Å². The molecule has 1 aromatic rings. The number of esters is 1. The van der Waals surface area contributed by atoms with Gasteiger partial charge in [0.1, 0.15) is 0 Å². The standard InChI is InChI=1S/C17H15BrO5/c1-8(19)9-5-6-10-13(12(20)7-11(18)14(10)21)15(9)23-16(22)17(2,3)4/h5-7H,1-4H3. The number of fused-ring (bicyclic) bond motifs is 1. The number of ether oxygens (including phenoxy) is 1. The van der Waals surface area contributed by atoms with Crippen LogP contribution in [0, 0.1) is 5.41 Å². The van der Waals surface area contributed by atoms with Gasteiger partial charge in [-0.1, -0.05) is 0 Å². The summed E-state index contributed by atoms with van der Waals surface area (Å²) in [6, 6.07) is 2.79. The Morgan fingerprint density at radius 3 is 2.26 bits per heavy atom. The molecule has 2 rings (SSSR count). The predicted octanol–water partition coefficient (Wildman–Crippen LogP) is 3.50. The van der Waals surface area contributed by atoms with E-state index in [0.717, 1.165) is 6.08 Å². The zero-order valence-electron chi connectivity index (χ0n) is 13.2. The summed E-state index contributed by atoms with van der Waals surface area (Å²) in [5, 5.41) is 0. The summed E-state index contributed by atoms with van der Waals surface area (Å²) < 4.78 is 5.47. The molecule has 0 amide bonds. The van der Waals surface area contributed by atoms with E-state index in [2.05, 4.69) is 15.9 Å². The number of hydrogen-bond acceptors (Lipinski definition) is 5. The van der Waals surface area contributed by atoms with Gasteiger partial charge in [-0.15, -0.1) is 0 Å². The summed E-state index contributed by atoms with van der Waals surface area (Å²) >= 11 is 3.03. The first-order chi connectivity index (χ1) is 10.5. The van der Waals surface area contributed by atoms with E-state index in [1.807, 2.05) is 0 Å². The van der Waals surface area contributed by atoms with E-state index >= 15 is 0 Å². The lowest BCUT2D eigenvalue weighted by Crippen LogP contribution is -2.28. The van der Waals surface area contributed by atoms with Crippen molar-refractivity contribution in [3.8, 4) is 5.75 Å². The smallest absolute Gasteiger partial charge is 0.316 e. The fourth-order valence-corrected chi connectivity index (χ4v) is 2.45. The van der Waals surface area contributed by atoms with Gasteiger partial charge in [0.15, 0.2) is 17.3 Å². The predicted molar refractivity (Wildman–Crippen MR) is 87.2 cm³/mol. The molecular formula is C17H15BrO5. The Hall–Kier alpha value is -2.08. The Kier molecular flexibility index (Phi) is 4.39. The number of allylic oxidation sites excluding steroid dienone is 2. The molecule has 23 heavy (non-hydrogen) atoms. The lowest BCUT2D eigenvalue weighted by molar-refractivity contribution is -0.143. The van der Waals surface area contributed by atoms with Gasteiger partial charge in [-0.25, -0.2) is 0 Å². The van der Waals surface area contributed by atoms with Gasteiger partial charge in [-0.3, -0.25) is 19.2 Å². The minimum Gasteiger partial charge on any atom is -0.425 e. The number of hydrogen-bond donors (Lipinski definition) is 0. The highest BCUT2D eigenvalue weighted by Crippen LogP contribution is 2.35. The minimum atomic E-state index is -0.824. The highest BCUT2D eigenvalue weighted by atomic mass is 79.9. The van der Waals surface area contributed by atoms with Gasteiger partial charge in [0.25, 0.3) is 0 Å². The summed E-state index contributed by atoms with van der Waals surface area (Å²) in [7, 11) is 0. The third-order valence-electron chi connectivity index (χ3n) is 3.31. The van der Waals surface area contributed by atoms with Crippen LogP contribution in [0.1, 0.15) is 58.8 Å². The molecule has 0 aliphatic heterocycles. The first-order valence-corrected chi connectivity index (χ1v) is 7.69.